The summed E-state index contributed by atoms with van der Waals surface area (Å²) < 4.78 is 94.8. The van der Waals surface area contributed by atoms with Gasteiger partial charge in [0.2, 0.25) is 10.0 Å². The van der Waals surface area contributed by atoms with E-state index in [1.165, 1.54) is 29.2 Å². The van der Waals surface area contributed by atoms with Crippen LogP contribution in [0.15, 0.2) is 63.1 Å². The number of halogens is 3. The van der Waals surface area contributed by atoms with Crippen LogP contribution in [0.25, 0.3) is 0 Å². The van der Waals surface area contributed by atoms with E-state index in [-0.39, 0.29) is 39.7 Å². The molecule has 15 heteroatoms. The summed E-state index contributed by atoms with van der Waals surface area (Å²) in [5, 5.41) is 13.8. The first kappa shape index (κ1) is 27.0. The lowest BCUT2D eigenvalue weighted by molar-refractivity contribution is -0.137. The number of alkyl halides is 3. The van der Waals surface area contributed by atoms with E-state index in [4.69, 9.17) is 0 Å². The topological polar surface area (TPSA) is 145 Å². The Morgan fingerprint density at radius 3 is 2.62 bits per heavy atom. The van der Waals surface area contributed by atoms with Gasteiger partial charge in [-0.25, -0.2) is 8.42 Å². The largest absolute Gasteiger partial charge is 0.511 e. The fourth-order valence-corrected chi connectivity index (χ4v) is 6.92. The number of aliphatic hydroxyl groups excluding tert-OH is 1. The van der Waals surface area contributed by atoms with E-state index < -0.39 is 55.5 Å². The number of nitrogens with one attached hydrogen (secondary N) is 2. The van der Waals surface area contributed by atoms with Gasteiger partial charge in [0.05, 0.1) is 17.5 Å². The van der Waals surface area contributed by atoms with Gasteiger partial charge in [0, 0.05) is 24.2 Å². The molecule has 3 aliphatic rings. The predicted octanol–water partition coefficient (Wildman–Crippen LogP) is 3.61. The number of carbonyl (C=O) groups excluding carboxylic acids is 1. The molecule has 0 aromatic heterocycles. The van der Waals surface area contributed by atoms with Crippen molar-refractivity contribution in [3.05, 3.63) is 64.9 Å². The van der Waals surface area contributed by atoms with Gasteiger partial charge < -0.3 is 15.3 Å². The molecule has 0 saturated heterocycles. The van der Waals surface area contributed by atoms with Crippen LogP contribution in [-0.2, 0) is 37.6 Å². The van der Waals surface area contributed by atoms with Crippen LogP contribution >= 0.6 is 0 Å². The number of amidine groups is 1. The van der Waals surface area contributed by atoms with Gasteiger partial charge in [-0.15, -0.1) is 4.40 Å². The molecule has 0 bridgehead atoms. The predicted molar refractivity (Wildman–Crippen MR) is 136 cm³/mol. The number of benzene rings is 2. The van der Waals surface area contributed by atoms with Crippen LogP contribution in [0, 0.1) is 5.92 Å². The summed E-state index contributed by atoms with van der Waals surface area (Å²) in [7, 11) is -8.13. The van der Waals surface area contributed by atoms with Gasteiger partial charge in [0.1, 0.15) is 16.2 Å². The molecule has 3 N–H and O–H groups in total. The van der Waals surface area contributed by atoms with Gasteiger partial charge in [0.15, 0.2) is 5.84 Å². The minimum absolute atomic E-state index is 0.00475. The highest BCUT2D eigenvalue weighted by Crippen LogP contribution is 2.42. The Kier molecular flexibility index (Phi) is 6.41. The average Bonchev–Trinajstić information content (AvgIpc) is 3.31. The summed E-state index contributed by atoms with van der Waals surface area (Å²) in [5.74, 6) is -2.07. The van der Waals surface area contributed by atoms with Crippen molar-refractivity contribution in [2.75, 3.05) is 16.3 Å². The number of hydrogen-bond acceptors (Lipinski definition) is 7. The highest BCUT2D eigenvalue weighted by Gasteiger charge is 2.46. The van der Waals surface area contributed by atoms with Crippen molar-refractivity contribution in [1.82, 2.24) is 4.90 Å². The molecule has 0 radical (unpaired) electrons. The summed E-state index contributed by atoms with van der Waals surface area (Å²) in [6, 6.07) is 7.79. The van der Waals surface area contributed by atoms with Crippen LogP contribution < -0.4 is 10.0 Å². The van der Waals surface area contributed by atoms with Gasteiger partial charge in [-0.05, 0) is 48.7 Å². The van der Waals surface area contributed by atoms with Crippen LogP contribution in [0.3, 0.4) is 0 Å². The second kappa shape index (κ2) is 9.26. The smallest absolute Gasteiger partial charge is 0.416 e. The Morgan fingerprint density at radius 1 is 1.18 bits per heavy atom. The maximum Gasteiger partial charge on any atom is 0.416 e. The van der Waals surface area contributed by atoms with Crippen molar-refractivity contribution in [3.63, 3.8) is 0 Å². The van der Waals surface area contributed by atoms with Crippen molar-refractivity contribution < 1.29 is 39.9 Å². The third-order valence-electron chi connectivity index (χ3n) is 6.83. The Bertz CT molecular complexity index is 1650. The zero-order chi connectivity index (χ0) is 28.3. The molecule has 0 unspecified atom stereocenters. The average molecular weight is 585 g/mol. The quantitative estimate of drug-likeness (QED) is 0.487. The summed E-state index contributed by atoms with van der Waals surface area (Å²) >= 11 is 0. The second-order valence-electron chi connectivity index (χ2n) is 9.62. The van der Waals surface area contributed by atoms with Crippen LogP contribution in [0.2, 0.25) is 0 Å². The molecular weight excluding hydrogens is 561 g/mol. The van der Waals surface area contributed by atoms with E-state index in [0.29, 0.717) is 19.3 Å². The standard InChI is InChI=1S/C24H23F3N4O6S2/c1-38(34,35)29-15-8-9-17-19(11-15)39(36,37)30-22(28-17)20-21(32)16-6-3-7-18(16)31(23(20)33)12-13-4-2-5-14(10-13)24(25,26)27/h2,4-5,8-11,16,18,29,32H,3,6-7,12H2,1H3,(H,28,30)/t16-,18+/m0/s1. The molecule has 1 aliphatic carbocycles. The highest BCUT2D eigenvalue weighted by molar-refractivity contribution is 7.92. The van der Waals surface area contributed by atoms with E-state index >= 15 is 0 Å². The number of fused-ring (bicyclic) bond motifs is 2. The third-order valence-corrected chi connectivity index (χ3v) is 8.76. The number of carbonyl (C=O) groups is 1. The van der Waals surface area contributed by atoms with Crippen molar-refractivity contribution in [2.24, 2.45) is 10.3 Å². The first-order valence-electron chi connectivity index (χ1n) is 11.8. The van der Waals surface area contributed by atoms with Crippen molar-refractivity contribution in [1.29, 1.82) is 0 Å². The van der Waals surface area contributed by atoms with Crippen LogP contribution in [0.4, 0.5) is 24.5 Å². The fourth-order valence-electron chi connectivity index (χ4n) is 5.22. The number of anilines is 2. The molecule has 0 spiro atoms. The molecule has 1 fully saturated rings. The highest BCUT2D eigenvalue weighted by atomic mass is 32.2. The molecule has 10 nitrogen and oxygen atoms in total. The van der Waals surface area contributed by atoms with Crippen molar-refractivity contribution in [2.45, 2.75) is 42.9 Å². The number of amides is 1. The lowest BCUT2D eigenvalue weighted by Crippen LogP contribution is -2.49. The summed E-state index contributed by atoms with van der Waals surface area (Å²) in [6.07, 6.45) is -2.01. The summed E-state index contributed by atoms with van der Waals surface area (Å²) in [4.78, 5) is 14.7. The molecule has 5 rings (SSSR count). The van der Waals surface area contributed by atoms with Gasteiger partial charge in [0.25, 0.3) is 15.9 Å². The molecular formula is C24H23F3N4O6S2. The molecule has 2 aromatic carbocycles. The normalized spacial score (nSPS) is 22.6. The maximum atomic E-state index is 13.7. The molecule has 2 heterocycles. The minimum Gasteiger partial charge on any atom is -0.511 e. The second-order valence-corrected chi connectivity index (χ2v) is 12.9. The Balaban J connectivity index is 1.52. The SMILES string of the molecule is CS(=O)(=O)Nc1ccc2c(c1)S(=O)(=O)N=C(C1=C(O)[C@H]3CCC[C@H]3N(Cc3cccc(C(F)(F)F)c3)C1=O)N2. The Labute approximate surface area is 222 Å². The number of rotatable bonds is 5. The molecule has 208 valence electrons. The maximum absolute atomic E-state index is 13.7. The van der Waals surface area contributed by atoms with Crippen LogP contribution in [-0.4, -0.2) is 50.9 Å². The van der Waals surface area contributed by atoms with Crippen molar-refractivity contribution >= 4 is 43.2 Å². The zero-order valence-electron chi connectivity index (χ0n) is 20.4. The lowest BCUT2D eigenvalue weighted by atomic mass is 9.89. The van der Waals surface area contributed by atoms with E-state index in [1.807, 2.05) is 0 Å². The van der Waals surface area contributed by atoms with Gasteiger partial charge in [-0.2, -0.15) is 21.6 Å². The van der Waals surface area contributed by atoms with E-state index in [1.54, 1.807) is 0 Å². The monoisotopic (exact) mass is 584 g/mol. The number of aliphatic hydroxyl groups is 1. The summed E-state index contributed by atoms with van der Waals surface area (Å²) in [6.45, 7) is -0.183. The van der Waals surface area contributed by atoms with Crippen LogP contribution in [0.5, 0.6) is 0 Å². The Morgan fingerprint density at radius 2 is 1.92 bits per heavy atom. The zero-order valence-corrected chi connectivity index (χ0v) is 22.0. The first-order chi connectivity index (χ1) is 18.1. The van der Waals surface area contributed by atoms with Gasteiger partial charge in [-0.3, -0.25) is 9.52 Å². The van der Waals surface area contributed by atoms with E-state index in [2.05, 4.69) is 14.4 Å². The molecule has 39 heavy (non-hydrogen) atoms. The van der Waals surface area contributed by atoms with Crippen molar-refractivity contribution in [3.8, 4) is 0 Å². The number of sulfonamides is 2. The lowest BCUT2D eigenvalue weighted by Gasteiger charge is -2.39. The number of hydrogen-bond donors (Lipinski definition) is 3. The van der Waals surface area contributed by atoms with Crippen LogP contribution in [0.1, 0.15) is 30.4 Å². The number of nitrogens with zero attached hydrogens (tertiary/aromatic N) is 2. The van der Waals surface area contributed by atoms with E-state index in [0.717, 1.165) is 24.5 Å². The molecule has 2 aromatic rings. The molecule has 1 amide bonds. The Hall–Kier alpha value is -3.59. The molecule has 2 aliphatic heterocycles. The minimum atomic E-state index is -4.57. The van der Waals surface area contributed by atoms with Gasteiger partial charge >= 0.3 is 6.18 Å². The molecule has 2 atom stereocenters. The van der Waals surface area contributed by atoms with E-state index in [9.17, 15) is 39.9 Å². The third kappa shape index (κ3) is 5.20. The fraction of sp³-hybridized carbons (Fsp3) is 0.333. The molecule has 1 saturated carbocycles. The summed E-state index contributed by atoms with van der Waals surface area (Å²) in [5.41, 5.74) is -1.02. The van der Waals surface area contributed by atoms with Gasteiger partial charge in [-0.1, -0.05) is 18.6 Å². The first-order valence-corrected chi connectivity index (χ1v) is 15.1.